The van der Waals surface area contributed by atoms with E-state index in [-0.39, 0.29) is 52.4 Å². The van der Waals surface area contributed by atoms with Gasteiger partial charge in [-0.2, -0.15) is 0 Å². The highest BCUT2D eigenvalue weighted by atomic mass is 35.5. The molecule has 0 radical (unpaired) electrons. The Morgan fingerprint density at radius 3 is 2.51 bits per heavy atom. The molecule has 4 rings (SSSR count). The summed E-state index contributed by atoms with van der Waals surface area (Å²) in [7, 11) is -2.96. The lowest BCUT2D eigenvalue weighted by Crippen LogP contribution is -2.38. The predicted molar refractivity (Wildman–Crippen MR) is 135 cm³/mol. The lowest BCUT2D eigenvalue weighted by atomic mass is 10.1. The van der Waals surface area contributed by atoms with Crippen LogP contribution in [0.2, 0.25) is 5.02 Å². The van der Waals surface area contributed by atoms with E-state index < -0.39 is 27.7 Å². The third-order valence-electron chi connectivity index (χ3n) is 5.44. The molecule has 0 aromatic heterocycles. The number of carbonyl (C=O) groups is 2. The Bertz CT molecular complexity index is 1460. The van der Waals surface area contributed by atoms with Gasteiger partial charge >= 0.3 is 5.97 Å². The lowest BCUT2D eigenvalue weighted by Gasteiger charge is -2.31. The summed E-state index contributed by atoms with van der Waals surface area (Å²) in [6.07, 6.45) is 0. The molecule has 0 spiro atoms. The monoisotopic (exact) mass is 548 g/mol. The van der Waals surface area contributed by atoms with Crippen LogP contribution in [0.4, 0.5) is 15.8 Å². The fourth-order valence-electron chi connectivity index (χ4n) is 3.72. The van der Waals surface area contributed by atoms with Crippen LogP contribution >= 0.6 is 11.6 Å². The number of fused-ring (bicyclic) bond motifs is 1. The molecule has 1 heterocycles. The maximum Gasteiger partial charge on any atom is 0.338 e. The van der Waals surface area contributed by atoms with Gasteiger partial charge in [0.05, 0.1) is 31.5 Å². The van der Waals surface area contributed by atoms with Crippen LogP contribution in [0.5, 0.6) is 11.5 Å². The number of carbonyl (C=O) groups excluding carboxylic acids is 2. The zero-order chi connectivity index (χ0) is 26.7. The summed E-state index contributed by atoms with van der Waals surface area (Å²) in [6, 6.07) is 12.2. The summed E-state index contributed by atoms with van der Waals surface area (Å²) in [5, 5.41) is 2.77. The fraction of sp³-hybridized carbons (Fsp3) is 0.200. The fourth-order valence-corrected chi connectivity index (χ4v) is 5.58. The van der Waals surface area contributed by atoms with E-state index in [0.717, 1.165) is 10.4 Å². The Morgan fingerprint density at radius 2 is 1.84 bits per heavy atom. The molecule has 0 saturated heterocycles. The Kier molecular flexibility index (Phi) is 7.55. The minimum absolute atomic E-state index is 0.0538. The number of rotatable bonds is 7. The third kappa shape index (κ3) is 5.32. The summed E-state index contributed by atoms with van der Waals surface area (Å²) < 4.78 is 58.6. The van der Waals surface area contributed by atoms with Gasteiger partial charge in [-0.3, -0.25) is 9.10 Å². The second-order valence-corrected chi connectivity index (χ2v) is 10.0. The van der Waals surface area contributed by atoms with E-state index >= 15 is 0 Å². The average molecular weight is 549 g/mol. The van der Waals surface area contributed by atoms with E-state index in [1.165, 1.54) is 55.6 Å². The minimum atomic E-state index is -4.27. The number of benzene rings is 3. The zero-order valence-electron chi connectivity index (χ0n) is 19.8. The van der Waals surface area contributed by atoms with Crippen molar-refractivity contribution in [2.75, 3.05) is 36.5 Å². The molecule has 3 aromatic rings. The van der Waals surface area contributed by atoms with Crippen molar-refractivity contribution in [3.63, 3.8) is 0 Å². The van der Waals surface area contributed by atoms with E-state index in [1.54, 1.807) is 6.92 Å². The summed E-state index contributed by atoms with van der Waals surface area (Å²) in [4.78, 5) is 24.5. The molecule has 0 bridgehead atoms. The number of nitrogens with one attached hydrogen (secondary N) is 1. The number of amides is 1. The summed E-state index contributed by atoms with van der Waals surface area (Å²) in [6.45, 7) is 1.67. The summed E-state index contributed by atoms with van der Waals surface area (Å²) in [5.41, 5.74) is 0.347. The van der Waals surface area contributed by atoms with Crippen molar-refractivity contribution in [3.8, 4) is 11.5 Å². The molecule has 37 heavy (non-hydrogen) atoms. The van der Waals surface area contributed by atoms with Crippen LogP contribution in [-0.2, 0) is 14.8 Å². The van der Waals surface area contributed by atoms with Gasteiger partial charge in [0, 0.05) is 16.3 Å². The van der Waals surface area contributed by atoms with Crippen molar-refractivity contribution in [1.82, 2.24) is 0 Å². The quantitative estimate of drug-likeness (QED) is 0.433. The normalized spacial score (nSPS) is 12.8. The first-order chi connectivity index (χ1) is 17.6. The van der Waals surface area contributed by atoms with Crippen molar-refractivity contribution < 1.29 is 36.6 Å². The van der Waals surface area contributed by atoms with Crippen LogP contribution in [0.25, 0.3) is 0 Å². The van der Waals surface area contributed by atoms with Crippen molar-refractivity contribution in [1.29, 1.82) is 0 Å². The Morgan fingerprint density at radius 1 is 1.11 bits per heavy atom. The number of sulfonamides is 1. The number of halogens is 2. The molecule has 0 unspecified atom stereocenters. The molecule has 1 N–H and O–H groups in total. The first-order valence-electron chi connectivity index (χ1n) is 11.1. The number of esters is 1. The van der Waals surface area contributed by atoms with Crippen LogP contribution in [0.3, 0.4) is 0 Å². The van der Waals surface area contributed by atoms with Gasteiger partial charge in [0.1, 0.15) is 17.3 Å². The molecule has 0 aliphatic carbocycles. The summed E-state index contributed by atoms with van der Waals surface area (Å²) >= 11 is 6.03. The smallest absolute Gasteiger partial charge is 0.338 e. The largest absolute Gasteiger partial charge is 0.495 e. The van der Waals surface area contributed by atoms with Gasteiger partial charge in [-0.15, -0.1) is 0 Å². The van der Waals surface area contributed by atoms with Crippen LogP contribution in [-0.4, -0.2) is 47.2 Å². The average Bonchev–Trinajstić information content (AvgIpc) is 2.88. The highest BCUT2D eigenvalue weighted by Gasteiger charge is 2.35. The van der Waals surface area contributed by atoms with Gasteiger partial charge in [-0.1, -0.05) is 11.6 Å². The van der Waals surface area contributed by atoms with E-state index in [1.807, 2.05) is 0 Å². The molecule has 1 aliphatic rings. The van der Waals surface area contributed by atoms with Crippen LogP contribution in [0.1, 0.15) is 27.6 Å². The van der Waals surface area contributed by atoms with E-state index in [9.17, 15) is 22.4 Å². The van der Waals surface area contributed by atoms with Gasteiger partial charge in [0.25, 0.3) is 15.9 Å². The van der Waals surface area contributed by atoms with Crippen molar-refractivity contribution in [2.45, 2.75) is 11.8 Å². The molecule has 194 valence electrons. The van der Waals surface area contributed by atoms with Gasteiger partial charge < -0.3 is 19.5 Å². The van der Waals surface area contributed by atoms with Gasteiger partial charge in [0.15, 0.2) is 11.6 Å². The maximum absolute atomic E-state index is 15.0. The molecule has 1 amide bonds. The number of hydrogen-bond acceptors (Lipinski definition) is 7. The van der Waals surface area contributed by atoms with Crippen molar-refractivity contribution in [3.05, 3.63) is 76.6 Å². The van der Waals surface area contributed by atoms with E-state index in [0.29, 0.717) is 11.3 Å². The molecular weight excluding hydrogens is 527 g/mol. The molecular formula is C25H22ClFN2O7S. The molecule has 1 aliphatic heterocycles. The number of anilines is 2. The zero-order valence-corrected chi connectivity index (χ0v) is 21.4. The van der Waals surface area contributed by atoms with E-state index in [2.05, 4.69) is 5.32 Å². The SMILES string of the molecule is CCOC(=O)c1ccc(NC(=O)c2cc(F)c3c(c2)N(S(=O)(=O)c2cc(Cl)ccc2OC)CCO3)cc1. The first-order valence-corrected chi connectivity index (χ1v) is 12.9. The van der Waals surface area contributed by atoms with Crippen LogP contribution < -0.4 is 19.1 Å². The Hall–Kier alpha value is -3.83. The van der Waals surface area contributed by atoms with Crippen molar-refractivity contribution >= 4 is 44.9 Å². The Balaban J connectivity index is 1.67. The first kappa shape index (κ1) is 26.2. The second-order valence-electron chi connectivity index (χ2n) is 7.78. The number of methoxy groups -OCH3 is 1. The maximum atomic E-state index is 15.0. The van der Waals surface area contributed by atoms with Crippen molar-refractivity contribution in [2.24, 2.45) is 0 Å². The topological polar surface area (TPSA) is 111 Å². The molecule has 0 fully saturated rings. The molecule has 12 heteroatoms. The number of nitrogens with zero attached hydrogens (tertiary/aromatic N) is 1. The van der Waals surface area contributed by atoms with Crippen LogP contribution in [0, 0.1) is 5.82 Å². The third-order valence-corrected chi connectivity index (χ3v) is 7.51. The lowest BCUT2D eigenvalue weighted by molar-refractivity contribution is 0.0526. The number of ether oxygens (including phenoxy) is 3. The second kappa shape index (κ2) is 10.7. The standard InChI is InChI=1S/C25H22ClFN2O7S/c1-3-35-25(31)15-4-7-18(8-5-15)28-24(30)16-12-19(27)23-20(13-16)29(10-11-36-23)37(32,33)22-14-17(26)6-9-21(22)34-2/h4-9,12-14H,3,10-11H2,1-2H3,(H,28,30). The van der Waals surface area contributed by atoms with Gasteiger partial charge in [-0.05, 0) is 61.5 Å². The summed E-state index contributed by atoms with van der Waals surface area (Å²) in [5.74, 6) is -2.36. The molecule has 0 atom stereocenters. The minimum Gasteiger partial charge on any atom is -0.495 e. The Labute approximate surface area is 217 Å². The highest BCUT2D eigenvalue weighted by molar-refractivity contribution is 7.93. The van der Waals surface area contributed by atoms with Crippen LogP contribution in [0.15, 0.2) is 59.5 Å². The van der Waals surface area contributed by atoms with E-state index in [4.69, 9.17) is 25.8 Å². The molecule has 0 saturated carbocycles. The van der Waals surface area contributed by atoms with Gasteiger partial charge in [0.2, 0.25) is 0 Å². The number of hydrogen-bond donors (Lipinski definition) is 1. The highest BCUT2D eigenvalue weighted by Crippen LogP contribution is 2.40. The van der Waals surface area contributed by atoms with Gasteiger partial charge in [-0.25, -0.2) is 17.6 Å². The molecule has 9 nitrogen and oxygen atoms in total. The predicted octanol–water partition coefficient (Wildman–Crippen LogP) is 4.50. The molecule has 3 aromatic carbocycles.